The molecule has 160 valence electrons. The highest BCUT2D eigenvalue weighted by molar-refractivity contribution is 7.73. The predicted molar refractivity (Wildman–Crippen MR) is 118 cm³/mol. The molecule has 0 aliphatic heterocycles. The first kappa shape index (κ1) is 21.2. The van der Waals surface area contributed by atoms with Gasteiger partial charge in [0.05, 0.1) is 11.1 Å². The van der Waals surface area contributed by atoms with Gasteiger partial charge >= 0.3 is 11.9 Å². The van der Waals surface area contributed by atoms with Gasteiger partial charge < -0.3 is 9.57 Å². The number of nitrogens with zero attached hydrogens (tertiary/aromatic N) is 1. The van der Waals surface area contributed by atoms with Crippen LogP contribution in [0.4, 0.5) is 0 Å². The molecule has 0 bridgehead atoms. The van der Waals surface area contributed by atoms with E-state index < -0.39 is 5.41 Å². The molecule has 0 amide bonds. The molecule has 7 heteroatoms. The molecule has 1 aromatic heterocycles. The van der Waals surface area contributed by atoms with E-state index in [0.29, 0.717) is 9.70 Å². The third-order valence-corrected chi connectivity index (χ3v) is 8.33. The van der Waals surface area contributed by atoms with Gasteiger partial charge in [-0.2, -0.15) is 4.73 Å². The third-order valence-electron chi connectivity index (χ3n) is 7.05. The topological polar surface area (TPSA) is 57.5 Å². The van der Waals surface area contributed by atoms with Crippen LogP contribution < -0.4 is 9.57 Å². The zero-order valence-electron chi connectivity index (χ0n) is 17.8. The smallest absolute Gasteiger partial charge is 0.339 e. The Morgan fingerprint density at radius 3 is 2.70 bits per heavy atom. The van der Waals surface area contributed by atoms with Crippen molar-refractivity contribution in [3.05, 3.63) is 44.4 Å². The molecule has 4 rings (SSSR count). The second-order valence-electron chi connectivity index (χ2n) is 9.01. The van der Waals surface area contributed by atoms with Crippen molar-refractivity contribution < 1.29 is 19.2 Å². The van der Waals surface area contributed by atoms with Gasteiger partial charge in [-0.25, -0.2) is 4.79 Å². The van der Waals surface area contributed by atoms with Crippen LogP contribution in [-0.2, 0) is 21.4 Å². The van der Waals surface area contributed by atoms with Gasteiger partial charge in [-0.1, -0.05) is 19.4 Å². The molecule has 2 aliphatic carbocycles. The van der Waals surface area contributed by atoms with E-state index in [-0.39, 0.29) is 23.3 Å². The molecule has 0 N–H and O–H groups in total. The zero-order chi connectivity index (χ0) is 21.7. The third kappa shape index (κ3) is 3.42. The molecule has 2 aliphatic rings. The number of carbonyl (C=O) groups excluding carboxylic acids is 2. The number of esters is 1. The minimum Gasteiger partial charge on any atom is -0.427 e. The first-order valence-electron chi connectivity index (χ1n) is 10.4. The van der Waals surface area contributed by atoms with Crippen LogP contribution in [0.15, 0.2) is 23.6 Å². The number of thiazole rings is 1. The highest BCUT2D eigenvalue weighted by atomic mass is 32.1. The SMILES string of the molecule is CC(=O)Oc1ccc2c(c1)[C@@]1(C)CCC[C@](C)(C(=O)On3c(C)csc3=S)[C@@H]1CC2. The summed E-state index contributed by atoms with van der Waals surface area (Å²) in [7, 11) is 0. The van der Waals surface area contributed by atoms with Crippen LogP contribution in [-0.4, -0.2) is 16.7 Å². The van der Waals surface area contributed by atoms with Crippen molar-refractivity contribution in [3.63, 3.8) is 0 Å². The van der Waals surface area contributed by atoms with Gasteiger partial charge in [-0.05, 0) is 86.3 Å². The lowest BCUT2D eigenvalue weighted by Gasteiger charge is -2.53. The quantitative estimate of drug-likeness (QED) is 0.370. The van der Waals surface area contributed by atoms with Gasteiger partial charge in [0.15, 0.2) is 3.95 Å². The fourth-order valence-corrected chi connectivity index (χ4v) is 6.55. The first-order chi connectivity index (χ1) is 14.1. The molecule has 1 saturated carbocycles. The Balaban J connectivity index is 1.70. The fourth-order valence-electron chi connectivity index (χ4n) is 5.58. The van der Waals surface area contributed by atoms with Crippen LogP contribution in [0.3, 0.4) is 0 Å². The molecule has 30 heavy (non-hydrogen) atoms. The molecule has 5 nitrogen and oxygen atoms in total. The molecular weight excluding hydrogens is 418 g/mol. The predicted octanol–water partition coefficient (Wildman–Crippen LogP) is 5.18. The molecule has 1 aromatic carbocycles. The number of rotatable bonds is 3. The number of aromatic nitrogens is 1. The largest absolute Gasteiger partial charge is 0.427 e. The molecule has 0 radical (unpaired) electrons. The van der Waals surface area contributed by atoms with Crippen LogP contribution in [0.2, 0.25) is 0 Å². The number of benzene rings is 1. The Kier molecular flexibility index (Phi) is 5.39. The average molecular weight is 446 g/mol. The summed E-state index contributed by atoms with van der Waals surface area (Å²) in [6.45, 7) is 7.60. The van der Waals surface area contributed by atoms with Gasteiger partial charge in [0.1, 0.15) is 5.75 Å². The van der Waals surface area contributed by atoms with Crippen molar-refractivity contribution in [1.29, 1.82) is 0 Å². The first-order valence-corrected chi connectivity index (χ1v) is 11.7. The summed E-state index contributed by atoms with van der Waals surface area (Å²) in [5.41, 5.74) is 2.52. The Morgan fingerprint density at radius 1 is 1.27 bits per heavy atom. The number of ether oxygens (including phenoxy) is 1. The zero-order valence-corrected chi connectivity index (χ0v) is 19.5. The van der Waals surface area contributed by atoms with Crippen LogP contribution in [0.25, 0.3) is 0 Å². The molecule has 0 saturated heterocycles. The van der Waals surface area contributed by atoms with E-state index in [0.717, 1.165) is 37.8 Å². The van der Waals surface area contributed by atoms with E-state index >= 15 is 0 Å². The minimum atomic E-state index is -0.606. The Labute approximate surface area is 186 Å². The van der Waals surface area contributed by atoms with Crippen LogP contribution in [0.5, 0.6) is 5.75 Å². The molecular formula is C23H27NO4S2. The Morgan fingerprint density at radius 2 is 2.03 bits per heavy atom. The number of aryl methyl sites for hydroxylation is 2. The number of hydrogen-bond acceptors (Lipinski definition) is 6. The second-order valence-corrected chi connectivity index (χ2v) is 10.5. The summed E-state index contributed by atoms with van der Waals surface area (Å²) in [5, 5.41) is 1.90. The maximum atomic E-state index is 13.5. The molecule has 1 heterocycles. The normalized spacial score (nSPS) is 27.7. The summed E-state index contributed by atoms with van der Waals surface area (Å²) >= 11 is 6.73. The summed E-state index contributed by atoms with van der Waals surface area (Å²) in [4.78, 5) is 30.7. The maximum Gasteiger partial charge on any atom is 0.339 e. The van der Waals surface area contributed by atoms with E-state index in [4.69, 9.17) is 21.8 Å². The van der Waals surface area contributed by atoms with Crippen molar-refractivity contribution in [3.8, 4) is 5.75 Å². The summed E-state index contributed by atoms with van der Waals surface area (Å²) in [6, 6.07) is 5.92. The minimum absolute atomic E-state index is 0.138. The molecule has 2 aromatic rings. The lowest BCUT2D eigenvalue weighted by atomic mass is 9.50. The van der Waals surface area contributed by atoms with E-state index in [1.807, 2.05) is 31.4 Å². The van der Waals surface area contributed by atoms with E-state index in [2.05, 4.69) is 13.0 Å². The van der Waals surface area contributed by atoms with Crippen LogP contribution >= 0.6 is 23.6 Å². The number of carbonyl (C=O) groups is 2. The number of fused-ring (bicyclic) bond motifs is 3. The van der Waals surface area contributed by atoms with Crippen LogP contribution in [0, 0.1) is 22.2 Å². The van der Waals surface area contributed by atoms with Crippen molar-refractivity contribution in [2.24, 2.45) is 11.3 Å². The lowest BCUT2D eigenvalue weighted by Crippen LogP contribution is -2.54. The van der Waals surface area contributed by atoms with E-state index in [9.17, 15) is 9.59 Å². The Bertz CT molecular complexity index is 1070. The highest BCUT2D eigenvalue weighted by Crippen LogP contribution is 2.57. The van der Waals surface area contributed by atoms with Gasteiger partial charge in [0.2, 0.25) is 0 Å². The second kappa shape index (κ2) is 7.61. The van der Waals surface area contributed by atoms with E-state index in [1.54, 1.807) is 0 Å². The van der Waals surface area contributed by atoms with Crippen molar-refractivity contribution in [2.45, 2.75) is 65.2 Å². The van der Waals surface area contributed by atoms with E-state index in [1.165, 1.54) is 34.1 Å². The summed E-state index contributed by atoms with van der Waals surface area (Å²) < 4.78 is 7.38. The van der Waals surface area contributed by atoms with Crippen molar-refractivity contribution in [1.82, 2.24) is 4.73 Å². The highest BCUT2D eigenvalue weighted by Gasteiger charge is 2.56. The van der Waals surface area contributed by atoms with Gasteiger partial charge in [-0.15, -0.1) is 11.3 Å². The molecule has 0 unspecified atom stereocenters. The van der Waals surface area contributed by atoms with Crippen molar-refractivity contribution >= 4 is 35.5 Å². The van der Waals surface area contributed by atoms with Gasteiger partial charge in [-0.3, -0.25) is 4.79 Å². The lowest BCUT2D eigenvalue weighted by molar-refractivity contribution is -0.165. The molecule has 1 fully saturated rings. The van der Waals surface area contributed by atoms with Gasteiger partial charge in [0.25, 0.3) is 0 Å². The van der Waals surface area contributed by atoms with Gasteiger partial charge in [0, 0.05) is 12.3 Å². The number of hydrogen-bond donors (Lipinski definition) is 0. The van der Waals surface area contributed by atoms with Crippen molar-refractivity contribution in [2.75, 3.05) is 0 Å². The fraction of sp³-hybridized carbons (Fsp3) is 0.522. The molecule has 3 atom stereocenters. The maximum absolute atomic E-state index is 13.5. The Hall–Kier alpha value is -1.99. The summed E-state index contributed by atoms with van der Waals surface area (Å²) in [5.74, 6) is 0.167. The average Bonchev–Trinajstić information content (AvgIpc) is 2.99. The molecule has 0 spiro atoms. The monoisotopic (exact) mass is 445 g/mol. The standard InChI is InChI=1S/C23H27NO4S2/c1-14-13-30-21(29)24(14)28-20(26)23(4)11-5-10-22(3)18-12-17(27-15(2)25)8-6-16(18)7-9-19(22)23/h6,8,12-13,19H,5,7,9-11H2,1-4H3/t19-,22-,23+/m1/s1. The van der Waals surface area contributed by atoms with Crippen LogP contribution in [0.1, 0.15) is 63.3 Å². The summed E-state index contributed by atoms with van der Waals surface area (Å²) in [6.07, 6.45) is 4.55.